The Morgan fingerprint density at radius 2 is 1.81 bits per heavy atom. The van der Waals surface area contributed by atoms with Crippen molar-refractivity contribution in [3.05, 3.63) is 65.5 Å². The van der Waals surface area contributed by atoms with Crippen molar-refractivity contribution in [2.75, 3.05) is 31.1 Å². The third-order valence-corrected chi connectivity index (χ3v) is 6.97. The van der Waals surface area contributed by atoms with Crippen LogP contribution >= 0.6 is 0 Å². The highest BCUT2D eigenvalue weighted by molar-refractivity contribution is 5.96. The molecular formula is C26H30F4N4O2. The molecule has 3 atom stereocenters. The normalized spacial score (nSPS) is 22.9. The van der Waals surface area contributed by atoms with E-state index >= 15 is 0 Å². The van der Waals surface area contributed by atoms with Crippen molar-refractivity contribution >= 4 is 17.5 Å². The van der Waals surface area contributed by atoms with Crippen LogP contribution < -0.4 is 15.5 Å². The number of alkyl halides is 3. The van der Waals surface area contributed by atoms with E-state index in [2.05, 4.69) is 27.4 Å². The van der Waals surface area contributed by atoms with Crippen LogP contribution in [0.2, 0.25) is 0 Å². The van der Waals surface area contributed by atoms with Crippen molar-refractivity contribution in [1.82, 2.24) is 15.5 Å². The van der Waals surface area contributed by atoms with Crippen LogP contribution in [-0.4, -0.2) is 61.0 Å². The van der Waals surface area contributed by atoms with Gasteiger partial charge in [0.15, 0.2) is 0 Å². The number of amides is 2. The number of piperidine rings is 1. The Morgan fingerprint density at radius 3 is 2.50 bits per heavy atom. The lowest BCUT2D eigenvalue weighted by Crippen LogP contribution is -2.49. The fourth-order valence-corrected chi connectivity index (χ4v) is 5.11. The zero-order valence-corrected chi connectivity index (χ0v) is 20.0. The predicted octanol–water partition coefficient (Wildman–Crippen LogP) is 3.82. The van der Waals surface area contributed by atoms with E-state index in [1.54, 1.807) is 12.1 Å². The summed E-state index contributed by atoms with van der Waals surface area (Å²) in [5, 5.41) is 5.31. The molecule has 2 saturated heterocycles. The number of anilines is 1. The summed E-state index contributed by atoms with van der Waals surface area (Å²) in [4.78, 5) is 29.2. The highest BCUT2D eigenvalue weighted by Gasteiger charge is 2.34. The number of rotatable bonds is 6. The molecule has 0 spiro atoms. The second-order valence-electron chi connectivity index (χ2n) is 9.51. The molecule has 6 nitrogen and oxygen atoms in total. The molecule has 2 aromatic carbocycles. The number of halogens is 4. The summed E-state index contributed by atoms with van der Waals surface area (Å²) < 4.78 is 51.8. The molecule has 0 aliphatic carbocycles. The fraction of sp³-hybridized carbons (Fsp3) is 0.462. The molecule has 4 rings (SSSR count). The first-order valence-corrected chi connectivity index (χ1v) is 12.1. The van der Waals surface area contributed by atoms with Crippen LogP contribution in [0.25, 0.3) is 0 Å². The molecule has 2 N–H and O–H groups in total. The van der Waals surface area contributed by atoms with Crippen LogP contribution in [-0.2, 0) is 11.0 Å². The molecule has 36 heavy (non-hydrogen) atoms. The molecule has 2 amide bonds. The van der Waals surface area contributed by atoms with Crippen LogP contribution in [0.3, 0.4) is 0 Å². The molecule has 0 saturated carbocycles. The van der Waals surface area contributed by atoms with E-state index in [-0.39, 0.29) is 29.9 Å². The van der Waals surface area contributed by atoms with Crippen molar-refractivity contribution in [3.63, 3.8) is 0 Å². The van der Waals surface area contributed by atoms with Gasteiger partial charge in [0.25, 0.3) is 5.91 Å². The van der Waals surface area contributed by atoms with Crippen LogP contribution in [0, 0.1) is 5.82 Å². The van der Waals surface area contributed by atoms with Gasteiger partial charge in [-0.2, -0.15) is 13.2 Å². The third kappa shape index (κ3) is 6.34. The largest absolute Gasteiger partial charge is 0.416 e. The number of benzene rings is 2. The van der Waals surface area contributed by atoms with Crippen molar-refractivity contribution in [2.45, 2.75) is 50.5 Å². The van der Waals surface area contributed by atoms with Crippen molar-refractivity contribution in [2.24, 2.45) is 0 Å². The van der Waals surface area contributed by atoms with Gasteiger partial charge in [0.05, 0.1) is 12.1 Å². The molecular weight excluding hydrogens is 476 g/mol. The number of hydrogen-bond donors (Lipinski definition) is 2. The summed E-state index contributed by atoms with van der Waals surface area (Å²) in [6, 6.07) is 11.3. The van der Waals surface area contributed by atoms with Crippen molar-refractivity contribution in [3.8, 4) is 0 Å². The molecule has 194 valence electrons. The minimum absolute atomic E-state index is 0.0478. The minimum Gasteiger partial charge on any atom is -0.369 e. The van der Waals surface area contributed by atoms with Gasteiger partial charge in [0.1, 0.15) is 5.82 Å². The first kappa shape index (κ1) is 25.9. The highest BCUT2D eigenvalue weighted by Crippen LogP contribution is 2.30. The zero-order chi connectivity index (χ0) is 25.9. The lowest BCUT2D eigenvalue weighted by molar-refractivity contribution is -0.137. The number of carbonyl (C=O) groups is 2. The average Bonchev–Trinajstić information content (AvgIpc) is 3.31. The number of likely N-dealkylation sites (tertiary alicyclic amines) is 1. The second kappa shape index (κ2) is 10.9. The van der Waals surface area contributed by atoms with Crippen LogP contribution in [0.1, 0.15) is 42.1 Å². The van der Waals surface area contributed by atoms with Crippen molar-refractivity contribution < 1.29 is 27.2 Å². The standard InChI is InChI=1S/C26H30F4N4O2/c1-17-13-23(10-12-34(17)22-7-5-20(27)6-8-22)33-11-9-21(16-33)32-24(35)15-31-25(36)18-3-2-4-19(14-18)26(28,29)30/h2-8,14,17,21,23H,9-13,15-16H2,1H3,(H,31,36)(H,32,35)/t17?,21-,23?/m1/s1. The second-order valence-corrected chi connectivity index (χ2v) is 9.51. The molecule has 0 bridgehead atoms. The van der Waals surface area contributed by atoms with E-state index in [1.165, 1.54) is 18.2 Å². The highest BCUT2D eigenvalue weighted by atomic mass is 19.4. The Hall–Kier alpha value is -3.14. The Balaban J connectivity index is 1.22. The first-order valence-electron chi connectivity index (χ1n) is 12.1. The Morgan fingerprint density at radius 1 is 1.06 bits per heavy atom. The van der Waals surface area contributed by atoms with Gasteiger partial charge in [-0.25, -0.2) is 4.39 Å². The Bertz CT molecular complexity index is 1080. The molecule has 2 heterocycles. The maximum Gasteiger partial charge on any atom is 0.416 e. The topological polar surface area (TPSA) is 64.7 Å². The van der Waals surface area contributed by atoms with Gasteiger partial charge in [0.2, 0.25) is 5.91 Å². The summed E-state index contributed by atoms with van der Waals surface area (Å²) in [6.07, 6.45) is -1.82. The molecule has 0 aromatic heterocycles. The smallest absolute Gasteiger partial charge is 0.369 e. The number of nitrogens with zero attached hydrogens (tertiary/aromatic N) is 2. The average molecular weight is 507 g/mol. The molecule has 2 unspecified atom stereocenters. The van der Waals surface area contributed by atoms with Gasteiger partial charge in [-0.1, -0.05) is 6.07 Å². The van der Waals surface area contributed by atoms with E-state index < -0.39 is 17.6 Å². The number of hydrogen-bond acceptors (Lipinski definition) is 4. The Labute approximate surface area is 207 Å². The predicted molar refractivity (Wildman–Crippen MR) is 128 cm³/mol. The molecule has 2 fully saturated rings. The molecule has 10 heteroatoms. The maximum absolute atomic E-state index is 13.3. The van der Waals surface area contributed by atoms with E-state index in [9.17, 15) is 27.2 Å². The lowest BCUT2D eigenvalue weighted by atomic mass is 9.96. The summed E-state index contributed by atoms with van der Waals surface area (Å²) in [5.41, 5.74) is -0.0460. The summed E-state index contributed by atoms with van der Waals surface area (Å²) in [5.74, 6) is -1.35. The van der Waals surface area contributed by atoms with Gasteiger partial charge in [-0.15, -0.1) is 0 Å². The first-order chi connectivity index (χ1) is 17.1. The van der Waals surface area contributed by atoms with Gasteiger partial charge in [0, 0.05) is 49.0 Å². The van der Waals surface area contributed by atoms with Crippen LogP contribution in [0.5, 0.6) is 0 Å². The molecule has 2 aromatic rings. The quantitative estimate of drug-likeness (QED) is 0.585. The van der Waals surface area contributed by atoms with E-state index in [0.717, 1.165) is 56.2 Å². The summed E-state index contributed by atoms with van der Waals surface area (Å²) in [6.45, 7) is 4.29. The SMILES string of the molecule is CC1CC(N2CC[C@@H](NC(=O)CNC(=O)c3cccc(C(F)(F)F)c3)C2)CCN1c1ccc(F)cc1. The number of nitrogens with one attached hydrogen (secondary N) is 2. The van der Waals surface area contributed by atoms with E-state index in [1.807, 2.05) is 0 Å². The van der Waals surface area contributed by atoms with E-state index in [0.29, 0.717) is 18.6 Å². The van der Waals surface area contributed by atoms with Gasteiger partial charge in [-0.3, -0.25) is 14.5 Å². The monoisotopic (exact) mass is 506 g/mol. The molecule has 0 radical (unpaired) electrons. The van der Waals surface area contributed by atoms with Crippen LogP contribution in [0.15, 0.2) is 48.5 Å². The molecule has 2 aliphatic rings. The van der Waals surface area contributed by atoms with Crippen molar-refractivity contribution in [1.29, 1.82) is 0 Å². The maximum atomic E-state index is 13.3. The van der Waals surface area contributed by atoms with E-state index in [4.69, 9.17) is 0 Å². The lowest BCUT2D eigenvalue weighted by Gasteiger charge is -2.42. The summed E-state index contributed by atoms with van der Waals surface area (Å²) in [7, 11) is 0. The Kier molecular flexibility index (Phi) is 7.82. The van der Waals surface area contributed by atoms with Crippen LogP contribution in [0.4, 0.5) is 23.2 Å². The van der Waals surface area contributed by atoms with Gasteiger partial charge >= 0.3 is 6.18 Å². The zero-order valence-electron chi connectivity index (χ0n) is 20.0. The third-order valence-electron chi connectivity index (χ3n) is 6.97. The number of carbonyl (C=O) groups excluding carboxylic acids is 2. The molecule has 2 aliphatic heterocycles. The summed E-state index contributed by atoms with van der Waals surface area (Å²) >= 11 is 0. The van der Waals surface area contributed by atoms with Gasteiger partial charge in [-0.05, 0) is 68.7 Å². The fourth-order valence-electron chi connectivity index (χ4n) is 5.11. The minimum atomic E-state index is -4.54. The van der Waals surface area contributed by atoms with Gasteiger partial charge < -0.3 is 15.5 Å².